The number of rotatable bonds is 5. The van der Waals surface area contributed by atoms with Crippen LogP contribution in [0.15, 0.2) is 16.7 Å². The maximum Gasteiger partial charge on any atom is 0.118 e. The molecule has 1 aliphatic heterocycles. The second-order valence-electron chi connectivity index (χ2n) is 5.89. The van der Waals surface area contributed by atoms with E-state index in [0.717, 1.165) is 18.8 Å². The summed E-state index contributed by atoms with van der Waals surface area (Å²) in [4.78, 5) is 2.51. The summed E-state index contributed by atoms with van der Waals surface area (Å²) in [6.45, 7) is 8.98. The SMILES string of the molecule is CCC1(C)CCN(Cc2cc(CNC)co2)CC1. The molecule has 0 aromatic carbocycles. The van der Waals surface area contributed by atoms with E-state index < -0.39 is 0 Å². The van der Waals surface area contributed by atoms with E-state index >= 15 is 0 Å². The van der Waals surface area contributed by atoms with Crippen LogP contribution in [0.4, 0.5) is 0 Å². The molecule has 0 atom stereocenters. The fourth-order valence-electron chi connectivity index (χ4n) is 2.63. The standard InChI is InChI=1S/C15H26N2O/c1-4-15(2)5-7-17(8-6-15)11-14-9-13(10-16-3)12-18-14/h9,12,16H,4-8,10-11H2,1-3H3. The zero-order chi connectivity index (χ0) is 13.0. The lowest BCUT2D eigenvalue weighted by Crippen LogP contribution is -2.37. The molecule has 1 fully saturated rings. The van der Waals surface area contributed by atoms with Crippen molar-refractivity contribution < 1.29 is 4.42 Å². The molecule has 0 spiro atoms. The van der Waals surface area contributed by atoms with Gasteiger partial charge in [0.25, 0.3) is 0 Å². The minimum absolute atomic E-state index is 0.566. The Hall–Kier alpha value is -0.800. The van der Waals surface area contributed by atoms with Crippen molar-refractivity contribution >= 4 is 0 Å². The highest BCUT2D eigenvalue weighted by molar-refractivity contribution is 5.12. The maximum absolute atomic E-state index is 5.62. The van der Waals surface area contributed by atoms with Gasteiger partial charge >= 0.3 is 0 Å². The monoisotopic (exact) mass is 250 g/mol. The first kappa shape index (κ1) is 13.6. The van der Waals surface area contributed by atoms with Gasteiger partial charge in [0, 0.05) is 12.1 Å². The zero-order valence-corrected chi connectivity index (χ0v) is 12.0. The molecular formula is C15H26N2O. The van der Waals surface area contributed by atoms with Crippen molar-refractivity contribution in [3.63, 3.8) is 0 Å². The number of piperidine rings is 1. The highest BCUT2D eigenvalue weighted by Gasteiger charge is 2.28. The molecule has 3 nitrogen and oxygen atoms in total. The molecule has 0 unspecified atom stereocenters. The van der Waals surface area contributed by atoms with Crippen LogP contribution >= 0.6 is 0 Å². The van der Waals surface area contributed by atoms with Gasteiger partial charge in [-0.3, -0.25) is 4.90 Å². The first-order chi connectivity index (χ1) is 8.65. The molecule has 1 aromatic heterocycles. The third-order valence-electron chi connectivity index (χ3n) is 4.39. The molecule has 102 valence electrons. The highest BCUT2D eigenvalue weighted by Crippen LogP contribution is 2.34. The Labute approximate surface area is 111 Å². The Kier molecular flexibility index (Phi) is 4.46. The van der Waals surface area contributed by atoms with Gasteiger partial charge < -0.3 is 9.73 Å². The van der Waals surface area contributed by atoms with E-state index in [9.17, 15) is 0 Å². The summed E-state index contributed by atoms with van der Waals surface area (Å²) in [5.74, 6) is 1.10. The normalized spacial score (nSPS) is 20.2. The number of nitrogens with one attached hydrogen (secondary N) is 1. The lowest BCUT2D eigenvalue weighted by Gasteiger charge is -2.38. The summed E-state index contributed by atoms with van der Waals surface area (Å²) in [5, 5.41) is 3.15. The van der Waals surface area contributed by atoms with Crippen molar-refractivity contribution in [2.45, 2.75) is 46.2 Å². The summed E-state index contributed by atoms with van der Waals surface area (Å²) >= 11 is 0. The molecule has 0 bridgehead atoms. The Morgan fingerprint density at radius 1 is 1.39 bits per heavy atom. The van der Waals surface area contributed by atoms with E-state index in [-0.39, 0.29) is 0 Å². The smallest absolute Gasteiger partial charge is 0.118 e. The second kappa shape index (κ2) is 5.89. The minimum atomic E-state index is 0.566. The summed E-state index contributed by atoms with van der Waals surface area (Å²) in [6, 6.07) is 2.17. The van der Waals surface area contributed by atoms with E-state index in [0.29, 0.717) is 5.41 Å². The molecule has 2 heterocycles. The van der Waals surface area contributed by atoms with Gasteiger partial charge in [-0.25, -0.2) is 0 Å². The Bertz CT molecular complexity index is 364. The number of hydrogen-bond donors (Lipinski definition) is 1. The predicted octanol–water partition coefficient (Wildman–Crippen LogP) is 3.01. The van der Waals surface area contributed by atoms with Gasteiger partial charge in [-0.2, -0.15) is 0 Å². The molecule has 1 aliphatic rings. The van der Waals surface area contributed by atoms with Gasteiger partial charge in [0.1, 0.15) is 5.76 Å². The van der Waals surface area contributed by atoms with E-state index in [1.54, 1.807) is 0 Å². The zero-order valence-electron chi connectivity index (χ0n) is 12.0. The lowest BCUT2D eigenvalue weighted by atomic mass is 9.78. The van der Waals surface area contributed by atoms with Crippen LogP contribution < -0.4 is 5.32 Å². The van der Waals surface area contributed by atoms with Crippen LogP contribution in [-0.4, -0.2) is 25.0 Å². The van der Waals surface area contributed by atoms with E-state index in [1.165, 1.54) is 37.9 Å². The molecule has 0 aliphatic carbocycles. The second-order valence-corrected chi connectivity index (χ2v) is 5.89. The molecule has 1 aromatic rings. The van der Waals surface area contributed by atoms with Crippen molar-refractivity contribution in [1.29, 1.82) is 0 Å². The van der Waals surface area contributed by atoms with E-state index in [2.05, 4.69) is 30.1 Å². The van der Waals surface area contributed by atoms with E-state index in [1.807, 2.05) is 13.3 Å². The molecule has 2 rings (SSSR count). The van der Waals surface area contributed by atoms with Crippen LogP contribution in [0.3, 0.4) is 0 Å². The summed E-state index contributed by atoms with van der Waals surface area (Å²) in [7, 11) is 1.96. The van der Waals surface area contributed by atoms with Crippen LogP contribution in [-0.2, 0) is 13.1 Å². The molecule has 1 N–H and O–H groups in total. The molecule has 0 amide bonds. The van der Waals surface area contributed by atoms with Gasteiger partial charge in [-0.05, 0) is 44.5 Å². The van der Waals surface area contributed by atoms with Gasteiger partial charge in [-0.1, -0.05) is 20.3 Å². The van der Waals surface area contributed by atoms with Gasteiger partial charge in [0.05, 0.1) is 12.8 Å². The van der Waals surface area contributed by atoms with Gasteiger partial charge in [0.2, 0.25) is 0 Å². The molecule has 1 saturated heterocycles. The van der Waals surface area contributed by atoms with Crippen molar-refractivity contribution in [3.8, 4) is 0 Å². The minimum Gasteiger partial charge on any atom is -0.468 e. The van der Waals surface area contributed by atoms with Crippen molar-refractivity contribution in [1.82, 2.24) is 10.2 Å². The Morgan fingerprint density at radius 2 is 2.11 bits per heavy atom. The first-order valence-corrected chi connectivity index (χ1v) is 7.08. The van der Waals surface area contributed by atoms with Crippen LogP contribution in [0.25, 0.3) is 0 Å². The number of furan rings is 1. The third kappa shape index (κ3) is 3.36. The quantitative estimate of drug-likeness (QED) is 0.871. The summed E-state index contributed by atoms with van der Waals surface area (Å²) in [5.41, 5.74) is 1.81. The van der Waals surface area contributed by atoms with Crippen molar-refractivity contribution in [3.05, 3.63) is 23.7 Å². The van der Waals surface area contributed by atoms with Crippen LogP contribution in [0.5, 0.6) is 0 Å². The summed E-state index contributed by atoms with van der Waals surface area (Å²) in [6.07, 6.45) is 5.79. The number of nitrogens with zero attached hydrogens (tertiary/aromatic N) is 1. The molecular weight excluding hydrogens is 224 g/mol. The van der Waals surface area contributed by atoms with Crippen molar-refractivity contribution in [2.24, 2.45) is 5.41 Å². The summed E-state index contributed by atoms with van der Waals surface area (Å²) < 4.78 is 5.62. The molecule has 18 heavy (non-hydrogen) atoms. The Balaban J connectivity index is 1.83. The largest absolute Gasteiger partial charge is 0.468 e. The molecule has 3 heteroatoms. The van der Waals surface area contributed by atoms with Gasteiger partial charge in [0.15, 0.2) is 0 Å². The average Bonchev–Trinajstić information content (AvgIpc) is 2.81. The fraction of sp³-hybridized carbons (Fsp3) is 0.733. The molecule has 0 radical (unpaired) electrons. The highest BCUT2D eigenvalue weighted by atomic mass is 16.3. The first-order valence-electron chi connectivity index (χ1n) is 7.08. The third-order valence-corrected chi connectivity index (χ3v) is 4.39. The lowest BCUT2D eigenvalue weighted by molar-refractivity contribution is 0.104. The van der Waals surface area contributed by atoms with E-state index in [4.69, 9.17) is 4.42 Å². The Morgan fingerprint density at radius 3 is 2.72 bits per heavy atom. The topological polar surface area (TPSA) is 28.4 Å². The van der Waals surface area contributed by atoms with Crippen molar-refractivity contribution in [2.75, 3.05) is 20.1 Å². The van der Waals surface area contributed by atoms with Crippen LogP contribution in [0.1, 0.15) is 44.4 Å². The number of likely N-dealkylation sites (tertiary alicyclic amines) is 1. The molecule has 0 saturated carbocycles. The number of hydrogen-bond acceptors (Lipinski definition) is 3. The van der Waals surface area contributed by atoms with Crippen LogP contribution in [0, 0.1) is 5.41 Å². The average molecular weight is 250 g/mol. The van der Waals surface area contributed by atoms with Crippen LogP contribution in [0.2, 0.25) is 0 Å². The fourth-order valence-corrected chi connectivity index (χ4v) is 2.63. The van der Waals surface area contributed by atoms with Gasteiger partial charge in [-0.15, -0.1) is 0 Å². The maximum atomic E-state index is 5.62. The predicted molar refractivity (Wildman–Crippen MR) is 74.4 cm³/mol.